The van der Waals surface area contributed by atoms with Crippen molar-refractivity contribution >= 4 is 5.91 Å². The molecule has 0 radical (unpaired) electrons. The van der Waals surface area contributed by atoms with Gasteiger partial charge in [0, 0.05) is 32.8 Å². The van der Waals surface area contributed by atoms with Gasteiger partial charge in [-0.1, -0.05) is 0 Å². The van der Waals surface area contributed by atoms with E-state index in [1.54, 1.807) is 29.2 Å². The number of nitrogens with zero attached hydrogens (tertiary/aromatic N) is 6. The molecule has 0 bridgehead atoms. The van der Waals surface area contributed by atoms with Crippen LogP contribution in [0.4, 0.5) is 0 Å². The number of aryl methyl sites for hydroxylation is 2. The average molecular weight is 290 g/mol. The Morgan fingerprint density at radius 2 is 2.19 bits per heavy atom. The van der Waals surface area contributed by atoms with Crippen LogP contribution in [-0.2, 0) is 24.8 Å². The van der Waals surface area contributed by atoms with Gasteiger partial charge in [-0.25, -0.2) is 0 Å². The summed E-state index contributed by atoms with van der Waals surface area (Å²) in [4.78, 5) is 13.9. The highest BCUT2D eigenvalue weighted by molar-refractivity contribution is 5.76. The summed E-state index contributed by atoms with van der Waals surface area (Å²) in [5.41, 5.74) is 1.07. The van der Waals surface area contributed by atoms with E-state index in [1.807, 2.05) is 17.8 Å². The van der Waals surface area contributed by atoms with Crippen molar-refractivity contribution in [3.8, 4) is 0 Å². The number of carbonyl (C=O) groups excluding carboxylic acids is 1. The second-order valence-electron chi connectivity index (χ2n) is 5.52. The van der Waals surface area contributed by atoms with Crippen LogP contribution in [0.3, 0.4) is 0 Å². The molecular weight excluding hydrogens is 268 g/mol. The largest absolute Gasteiger partial charge is 0.338 e. The van der Waals surface area contributed by atoms with Gasteiger partial charge >= 0.3 is 0 Å². The van der Waals surface area contributed by atoms with Gasteiger partial charge < -0.3 is 9.47 Å². The molecule has 21 heavy (non-hydrogen) atoms. The third kappa shape index (κ3) is 3.90. The number of hydrogen-bond donors (Lipinski definition) is 0. The van der Waals surface area contributed by atoms with Gasteiger partial charge in [-0.05, 0) is 25.8 Å². The lowest BCUT2D eigenvalue weighted by Gasteiger charge is -2.18. The zero-order valence-electron chi connectivity index (χ0n) is 13.0. The SMILES string of the molecule is CC(C)n1cnnc1CN(C)C(=O)CCc1cnn(C)c1. The molecule has 0 saturated heterocycles. The zero-order chi connectivity index (χ0) is 15.4. The first kappa shape index (κ1) is 15.2. The molecule has 2 aromatic rings. The van der Waals surface area contributed by atoms with E-state index in [2.05, 4.69) is 29.1 Å². The predicted octanol–water partition coefficient (Wildman–Crippen LogP) is 1.18. The van der Waals surface area contributed by atoms with E-state index in [1.165, 1.54) is 0 Å². The van der Waals surface area contributed by atoms with Gasteiger partial charge in [0.25, 0.3) is 0 Å². The Labute approximate surface area is 124 Å². The molecule has 0 aliphatic rings. The van der Waals surface area contributed by atoms with Crippen molar-refractivity contribution in [2.24, 2.45) is 7.05 Å². The van der Waals surface area contributed by atoms with Crippen LogP contribution in [0, 0.1) is 0 Å². The van der Waals surface area contributed by atoms with E-state index in [-0.39, 0.29) is 11.9 Å². The number of hydrogen-bond acceptors (Lipinski definition) is 4. The average Bonchev–Trinajstić information content (AvgIpc) is 3.04. The summed E-state index contributed by atoms with van der Waals surface area (Å²) >= 11 is 0. The van der Waals surface area contributed by atoms with Gasteiger partial charge in [-0.2, -0.15) is 5.10 Å². The Bertz CT molecular complexity index is 600. The van der Waals surface area contributed by atoms with Crippen LogP contribution in [0.5, 0.6) is 0 Å². The second kappa shape index (κ2) is 6.51. The Morgan fingerprint density at radius 1 is 1.43 bits per heavy atom. The Hall–Kier alpha value is -2.18. The molecule has 0 unspecified atom stereocenters. The molecule has 0 N–H and O–H groups in total. The molecule has 2 heterocycles. The minimum Gasteiger partial charge on any atom is -0.338 e. The van der Waals surface area contributed by atoms with Gasteiger partial charge in [0.05, 0.1) is 12.7 Å². The van der Waals surface area contributed by atoms with E-state index in [4.69, 9.17) is 0 Å². The van der Waals surface area contributed by atoms with Crippen LogP contribution in [0.25, 0.3) is 0 Å². The lowest BCUT2D eigenvalue weighted by Crippen LogP contribution is -2.28. The fraction of sp³-hybridized carbons (Fsp3) is 0.571. The summed E-state index contributed by atoms with van der Waals surface area (Å²) in [6, 6.07) is 0.286. The first-order chi connectivity index (χ1) is 9.97. The van der Waals surface area contributed by atoms with Crippen LogP contribution < -0.4 is 0 Å². The maximum atomic E-state index is 12.2. The lowest BCUT2D eigenvalue weighted by atomic mass is 10.2. The van der Waals surface area contributed by atoms with E-state index < -0.39 is 0 Å². The third-order valence-corrected chi connectivity index (χ3v) is 3.39. The van der Waals surface area contributed by atoms with Crippen molar-refractivity contribution in [2.45, 2.75) is 39.3 Å². The van der Waals surface area contributed by atoms with Crippen LogP contribution in [0.15, 0.2) is 18.7 Å². The maximum Gasteiger partial charge on any atom is 0.223 e. The Kier molecular flexibility index (Phi) is 4.72. The molecule has 0 saturated carbocycles. The minimum atomic E-state index is 0.0946. The summed E-state index contributed by atoms with van der Waals surface area (Å²) in [5.74, 6) is 0.902. The number of amides is 1. The highest BCUT2D eigenvalue weighted by Gasteiger charge is 2.14. The van der Waals surface area contributed by atoms with Crippen LogP contribution in [0.1, 0.15) is 37.7 Å². The van der Waals surface area contributed by atoms with Crippen molar-refractivity contribution < 1.29 is 4.79 Å². The molecule has 0 fully saturated rings. The first-order valence-electron chi connectivity index (χ1n) is 7.07. The van der Waals surface area contributed by atoms with Crippen molar-refractivity contribution in [3.63, 3.8) is 0 Å². The predicted molar refractivity (Wildman–Crippen MR) is 78.4 cm³/mol. The third-order valence-electron chi connectivity index (χ3n) is 3.39. The molecule has 2 aromatic heterocycles. The monoisotopic (exact) mass is 290 g/mol. The normalized spacial score (nSPS) is 11.1. The molecule has 0 aliphatic heterocycles. The van der Waals surface area contributed by atoms with Crippen LogP contribution in [0.2, 0.25) is 0 Å². The van der Waals surface area contributed by atoms with Crippen molar-refractivity contribution in [1.29, 1.82) is 0 Å². The molecule has 0 atom stereocenters. The topological polar surface area (TPSA) is 68.8 Å². The van der Waals surface area contributed by atoms with Crippen LogP contribution >= 0.6 is 0 Å². The fourth-order valence-electron chi connectivity index (χ4n) is 2.15. The van der Waals surface area contributed by atoms with Crippen LogP contribution in [-0.4, -0.2) is 42.4 Å². The first-order valence-corrected chi connectivity index (χ1v) is 7.07. The van der Waals surface area contributed by atoms with E-state index in [0.29, 0.717) is 19.4 Å². The lowest BCUT2D eigenvalue weighted by molar-refractivity contribution is -0.130. The number of carbonyl (C=O) groups is 1. The number of rotatable bonds is 6. The van der Waals surface area contributed by atoms with Gasteiger partial charge in [0.2, 0.25) is 5.91 Å². The van der Waals surface area contributed by atoms with Crippen molar-refractivity contribution in [1.82, 2.24) is 29.4 Å². The smallest absolute Gasteiger partial charge is 0.223 e. The molecule has 0 aliphatic carbocycles. The standard InChI is InChI=1S/C14H22N6O/c1-11(2)20-10-15-17-13(20)9-18(3)14(21)6-5-12-7-16-19(4)8-12/h7-8,10-11H,5-6,9H2,1-4H3. The van der Waals surface area contributed by atoms with E-state index in [9.17, 15) is 4.79 Å². The van der Waals surface area contributed by atoms with Crippen molar-refractivity contribution in [2.75, 3.05) is 7.05 Å². The number of aromatic nitrogens is 5. The molecule has 0 spiro atoms. The second-order valence-corrected chi connectivity index (χ2v) is 5.52. The Morgan fingerprint density at radius 3 is 2.81 bits per heavy atom. The maximum absolute atomic E-state index is 12.2. The Balaban J connectivity index is 1.89. The fourth-order valence-corrected chi connectivity index (χ4v) is 2.15. The molecule has 1 amide bonds. The molecule has 114 valence electrons. The highest BCUT2D eigenvalue weighted by Crippen LogP contribution is 2.10. The minimum absolute atomic E-state index is 0.0946. The molecule has 7 heteroatoms. The summed E-state index contributed by atoms with van der Waals surface area (Å²) in [6.45, 7) is 4.61. The van der Waals surface area contributed by atoms with Gasteiger partial charge in [0.1, 0.15) is 6.33 Å². The summed E-state index contributed by atoms with van der Waals surface area (Å²) in [6.07, 6.45) is 6.60. The molecule has 7 nitrogen and oxygen atoms in total. The van der Waals surface area contributed by atoms with E-state index in [0.717, 1.165) is 11.4 Å². The van der Waals surface area contributed by atoms with Gasteiger partial charge in [0.15, 0.2) is 5.82 Å². The zero-order valence-corrected chi connectivity index (χ0v) is 13.0. The molecule has 0 aromatic carbocycles. The van der Waals surface area contributed by atoms with E-state index >= 15 is 0 Å². The summed E-state index contributed by atoms with van der Waals surface area (Å²) in [7, 11) is 3.67. The van der Waals surface area contributed by atoms with Gasteiger partial charge in [-0.3, -0.25) is 9.48 Å². The molecule has 2 rings (SSSR count). The van der Waals surface area contributed by atoms with Gasteiger partial charge in [-0.15, -0.1) is 10.2 Å². The summed E-state index contributed by atoms with van der Waals surface area (Å²) < 4.78 is 3.72. The summed E-state index contributed by atoms with van der Waals surface area (Å²) in [5, 5.41) is 12.1. The highest BCUT2D eigenvalue weighted by atomic mass is 16.2. The molecular formula is C14H22N6O. The quantitative estimate of drug-likeness (QED) is 0.801. The van der Waals surface area contributed by atoms with Crippen molar-refractivity contribution in [3.05, 3.63) is 30.1 Å².